The van der Waals surface area contributed by atoms with Gasteiger partial charge in [-0.05, 0) is 36.3 Å². The SMILES string of the molecule is CNC(=O)c1ccc(CN(C)C(=O)[C@H](C)NS(=O)(=O)/C=C/c2ccccc2)cc1. The molecule has 29 heavy (non-hydrogen) atoms. The van der Waals surface area contributed by atoms with E-state index >= 15 is 0 Å². The van der Waals surface area contributed by atoms with Crippen LogP contribution in [0.4, 0.5) is 0 Å². The average molecular weight is 416 g/mol. The molecule has 0 saturated heterocycles. The summed E-state index contributed by atoms with van der Waals surface area (Å²) < 4.78 is 26.8. The minimum absolute atomic E-state index is 0.187. The Morgan fingerprint density at radius 1 is 1.07 bits per heavy atom. The van der Waals surface area contributed by atoms with Gasteiger partial charge in [-0.1, -0.05) is 42.5 Å². The Hall–Kier alpha value is -2.97. The number of amides is 2. The Labute approximate surface area is 171 Å². The monoisotopic (exact) mass is 415 g/mol. The molecule has 2 rings (SSSR count). The smallest absolute Gasteiger partial charge is 0.251 e. The summed E-state index contributed by atoms with van der Waals surface area (Å²) in [4.78, 5) is 25.5. The lowest BCUT2D eigenvalue weighted by Crippen LogP contribution is -2.44. The molecule has 0 fully saturated rings. The van der Waals surface area contributed by atoms with E-state index in [1.807, 2.05) is 18.2 Å². The molecule has 0 radical (unpaired) electrons. The number of nitrogens with one attached hydrogen (secondary N) is 2. The van der Waals surface area contributed by atoms with E-state index in [-0.39, 0.29) is 11.8 Å². The van der Waals surface area contributed by atoms with Gasteiger partial charge in [-0.3, -0.25) is 9.59 Å². The van der Waals surface area contributed by atoms with E-state index in [0.717, 1.165) is 16.5 Å². The van der Waals surface area contributed by atoms with Crippen molar-refractivity contribution in [3.05, 3.63) is 76.7 Å². The Morgan fingerprint density at radius 3 is 2.28 bits per heavy atom. The summed E-state index contributed by atoms with van der Waals surface area (Å²) in [5.41, 5.74) is 2.10. The molecule has 0 bridgehead atoms. The fourth-order valence-corrected chi connectivity index (χ4v) is 3.67. The zero-order chi connectivity index (χ0) is 21.4. The van der Waals surface area contributed by atoms with Crippen molar-refractivity contribution in [3.8, 4) is 0 Å². The van der Waals surface area contributed by atoms with Gasteiger partial charge in [-0.25, -0.2) is 8.42 Å². The first kappa shape index (κ1) is 22.3. The zero-order valence-corrected chi connectivity index (χ0v) is 17.4. The number of nitrogens with zero attached hydrogens (tertiary/aromatic N) is 1. The fourth-order valence-electron chi connectivity index (χ4n) is 2.66. The molecule has 1 atom stereocenters. The third kappa shape index (κ3) is 6.85. The third-order valence-electron chi connectivity index (χ3n) is 4.19. The maximum absolute atomic E-state index is 12.5. The van der Waals surface area contributed by atoms with Gasteiger partial charge in [0, 0.05) is 31.6 Å². The lowest BCUT2D eigenvalue weighted by Gasteiger charge is -2.21. The van der Waals surface area contributed by atoms with Crippen LogP contribution >= 0.6 is 0 Å². The number of sulfonamides is 1. The number of hydrogen-bond acceptors (Lipinski definition) is 4. The molecule has 2 aromatic carbocycles. The second-order valence-electron chi connectivity index (χ2n) is 6.57. The summed E-state index contributed by atoms with van der Waals surface area (Å²) in [5.74, 6) is -0.551. The quantitative estimate of drug-likeness (QED) is 0.689. The van der Waals surface area contributed by atoms with Gasteiger partial charge in [-0.15, -0.1) is 0 Å². The standard InChI is InChI=1S/C21H25N3O4S/c1-16(23-29(27,28)14-13-17-7-5-4-6-8-17)21(26)24(3)15-18-9-11-19(12-10-18)20(25)22-2/h4-14,16,23H,15H2,1-3H3,(H,22,25)/b14-13+/t16-/m0/s1. The van der Waals surface area contributed by atoms with Crippen molar-refractivity contribution in [2.75, 3.05) is 14.1 Å². The first-order valence-electron chi connectivity index (χ1n) is 9.03. The van der Waals surface area contributed by atoms with Crippen LogP contribution in [0.1, 0.15) is 28.4 Å². The van der Waals surface area contributed by atoms with E-state index in [1.165, 1.54) is 17.9 Å². The molecule has 2 N–H and O–H groups in total. The number of hydrogen-bond donors (Lipinski definition) is 2. The van der Waals surface area contributed by atoms with Crippen LogP contribution in [-0.2, 0) is 21.4 Å². The van der Waals surface area contributed by atoms with Crippen LogP contribution < -0.4 is 10.0 Å². The highest BCUT2D eigenvalue weighted by atomic mass is 32.2. The van der Waals surface area contributed by atoms with Gasteiger partial charge in [-0.2, -0.15) is 4.72 Å². The highest BCUT2D eigenvalue weighted by Crippen LogP contribution is 2.09. The minimum atomic E-state index is -3.77. The van der Waals surface area contributed by atoms with Crippen LogP contribution in [0.25, 0.3) is 6.08 Å². The van der Waals surface area contributed by atoms with Crippen molar-refractivity contribution in [1.82, 2.24) is 14.9 Å². The molecule has 2 aromatic rings. The van der Waals surface area contributed by atoms with E-state index in [0.29, 0.717) is 12.1 Å². The summed E-state index contributed by atoms with van der Waals surface area (Å²) in [6, 6.07) is 15.0. The Balaban J connectivity index is 1.96. The molecular weight excluding hydrogens is 390 g/mol. The van der Waals surface area contributed by atoms with Gasteiger partial charge in [0.2, 0.25) is 15.9 Å². The lowest BCUT2D eigenvalue weighted by atomic mass is 10.1. The van der Waals surface area contributed by atoms with E-state index in [4.69, 9.17) is 0 Å². The zero-order valence-electron chi connectivity index (χ0n) is 16.6. The molecule has 0 aromatic heterocycles. The highest BCUT2D eigenvalue weighted by Gasteiger charge is 2.21. The van der Waals surface area contributed by atoms with Crippen LogP contribution in [0.2, 0.25) is 0 Å². The maximum Gasteiger partial charge on any atom is 0.251 e. The molecule has 0 saturated carbocycles. The lowest BCUT2D eigenvalue weighted by molar-refractivity contribution is -0.131. The molecule has 8 heteroatoms. The number of carbonyl (C=O) groups excluding carboxylic acids is 2. The molecule has 0 unspecified atom stereocenters. The molecule has 0 aliphatic heterocycles. The Morgan fingerprint density at radius 2 is 1.69 bits per heavy atom. The Kier molecular flexibility index (Phi) is 7.69. The first-order chi connectivity index (χ1) is 13.7. The van der Waals surface area contributed by atoms with Crippen LogP contribution in [0.3, 0.4) is 0 Å². The molecule has 0 spiro atoms. The number of carbonyl (C=O) groups is 2. The molecule has 2 amide bonds. The maximum atomic E-state index is 12.5. The number of likely N-dealkylation sites (N-methyl/N-ethyl adjacent to an activating group) is 1. The van der Waals surface area contributed by atoms with Crippen LogP contribution in [0, 0.1) is 0 Å². The summed E-state index contributed by atoms with van der Waals surface area (Å²) in [5, 5.41) is 3.59. The molecule has 0 aliphatic rings. The first-order valence-corrected chi connectivity index (χ1v) is 10.6. The average Bonchev–Trinajstić information content (AvgIpc) is 2.72. The van der Waals surface area contributed by atoms with E-state index in [1.54, 1.807) is 50.5 Å². The largest absolute Gasteiger partial charge is 0.355 e. The second-order valence-corrected chi connectivity index (χ2v) is 8.17. The second kappa shape index (κ2) is 9.99. The van der Waals surface area contributed by atoms with E-state index < -0.39 is 16.1 Å². The topological polar surface area (TPSA) is 95.6 Å². The van der Waals surface area contributed by atoms with Crippen LogP contribution in [0.15, 0.2) is 60.0 Å². The normalized spacial score (nSPS) is 12.5. The number of rotatable bonds is 8. The third-order valence-corrected chi connectivity index (χ3v) is 5.37. The van der Waals surface area contributed by atoms with Crippen molar-refractivity contribution in [2.45, 2.75) is 19.5 Å². The minimum Gasteiger partial charge on any atom is -0.355 e. The van der Waals surface area contributed by atoms with Gasteiger partial charge >= 0.3 is 0 Å². The molecule has 154 valence electrons. The van der Waals surface area contributed by atoms with Gasteiger partial charge in [0.15, 0.2) is 0 Å². The summed E-state index contributed by atoms with van der Waals surface area (Å²) in [7, 11) is -0.618. The van der Waals surface area contributed by atoms with Gasteiger partial charge in [0.25, 0.3) is 5.91 Å². The van der Waals surface area contributed by atoms with Crippen molar-refractivity contribution in [3.63, 3.8) is 0 Å². The molecular formula is C21H25N3O4S. The summed E-state index contributed by atoms with van der Waals surface area (Å²) in [6.07, 6.45) is 1.47. The Bertz CT molecular complexity index is 971. The van der Waals surface area contributed by atoms with Crippen LogP contribution in [-0.4, -0.2) is 45.3 Å². The summed E-state index contributed by atoms with van der Waals surface area (Å²) >= 11 is 0. The van der Waals surface area contributed by atoms with Gasteiger partial charge < -0.3 is 10.2 Å². The predicted molar refractivity (Wildman–Crippen MR) is 113 cm³/mol. The van der Waals surface area contributed by atoms with Gasteiger partial charge in [0.05, 0.1) is 6.04 Å². The van der Waals surface area contributed by atoms with Crippen LogP contribution in [0.5, 0.6) is 0 Å². The molecule has 7 nitrogen and oxygen atoms in total. The van der Waals surface area contributed by atoms with Crippen molar-refractivity contribution in [2.24, 2.45) is 0 Å². The van der Waals surface area contributed by atoms with Crippen molar-refractivity contribution in [1.29, 1.82) is 0 Å². The molecule has 0 aliphatic carbocycles. The van der Waals surface area contributed by atoms with E-state index in [9.17, 15) is 18.0 Å². The fraction of sp³-hybridized carbons (Fsp3) is 0.238. The van der Waals surface area contributed by atoms with Crippen molar-refractivity contribution < 1.29 is 18.0 Å². The highest BCUT2D eigenvalue weighted by molar-refractivity contribution is 7.92. The van der Waals surface area contributed by atoms with Gasteiger partial charge in [0.1, 0.15) is 0 Å². The number of benzene rings is 2. The molecule has 0 heterocycles. The summed E-state index contributed by atoms with van der Waals surface area (Å²) in [6.45, 7) is 1.79. The predicted octanol–water partition coefficient (Wildman–Crippen LogP) is 1.98. The van der Waals surface area contributed by atoms with Crippen molar-refractivity contribution >= 4 is 27.9 Å². The van der Waals surface area contributed by atoms with E-state index in [2.05, 4.69) is 10.0 Å².